The molecule has 4 nitrogen and oxygen atoms in total. The highest BCUT2D eigenvalue weighted by molar-refractivity contribution is 7.09. The summed E-state index contributed by atoms with van der Waals surface area (Å²) in [6.45, 7) is 0.345. The number of thiazole rings is 1. The van der Waals surface area contributed by atoms with Crippen LogP contribution < -0.4 is 10.3 Å². The van der Waals surface area contributed by atoms with Crippen LogP contribution in [0.2, 0.25) is 5.02 Å². The molecule has 0 saturated heterocycles. The van der Waals surface area contributed by atoms with Crippen molar-refractivity contribution in [1.82, 2.24) is 9.97 Å². The lowest BCUT2D eigenvalue weighted by molar-refractivity contribution is 0.305. The molecule has 124 valence electrons. The summed E-state index contributed by atoms with van der Waals surface area (Å²) in [4.78, 5) is 19.7. The molecule has 0 bridgehead atoms. The Balaban J connectivity index is 1.57. The SMILES string of the molecule is O=c1[nH]c2ccccc2cc1-c1csc(COc2ccc(Cl)cc2)n1. The summed E-state index contributed by atoms with van der Waals surface area (Å²) in [7, 11) is 0. The third kappa shape index (κ3) is 3.43. The number of rotatable bonds is 4. The van der Waals surface area contributed by atoms with E-state index in [9.17, 15) is 4.79 Å². The Morgan fingerprint density at radius 3 is 2.76 bits per heavy atom. The van der Waals surface area contributed by atoms with Gasteiger partial charge in [-0.15, -0.1) is 11.3 Å². The second-order valence-corrected chi connectivity index (χ2v) is 6.85. The first kappa shape index (κ1) is 15.9. The Morgan fingerprint density at radius 2 is 1.92 bits per heavy atom. The minimum Gasteiger partial charge on any atom is -0.486 e. The van der Waals surface area contributed by atoms with Crippen molar-refractivity contribution in [1.29, 1.82) is 0 Å². The first-order valence-electron chi connectivity index (χ1n) is 7.64. The Morgan fingerprint density at radius 1 is 1.12 bits per heavy atom. The Bertz CT molecular complexity index is 1090. The maximum atomic E-state index is 12.3. The van der Waals surface area contributed by atoms with Crippen molar-refractivity contribution in [2.75, 3.05) is 0 Å². The number of ether oxygens (including phenoxy) is 1. The van der Waals surface area contributed by atoms with E-state index in [0.717, 1.165) is 21.7 Å². The smallest absolute Gasteiger partial charge is 0.257 e. The van der Waals surface area contributed by atoms with Crippen molar-refractivity contribution in [2.24, 2.45) is 0 Å². The van der Waals surface area contributed by atoms with Gasteiger partial charge in [0.25, 0.3) is 5.56 Å². The predicted molar refractivity (Wildman–Crippen MR) is 101 cm³/mol. The number of benzene rings is 2. The number of pyridine rings is 1. The molecular weight excluding hydrogens is 356 g/mol. The molecule has 6 heteroatoms. The second kappa shape index (κ2) is 6.70. The van der Waals surface area contributed by atoms with Crippen LogP contribution in [0.15, 0.2) is 64.8 Å². The monoisotopic (exact) mass is 368 g/mol. The average molecular weight is 369 g/mol. The van der Waals surface area contributed by atoms with Crippen LogP contribution in [0.1, 0.15) is 5.01 Å². The highest BCUT2D eigenvalue weighted by atomic mass is 35.5. The van der Waals surface area contributed by atoms with Gasteiger partial charge >= 0.3 is 0 Å². The minimum atomic E-state index is -0.144. The van der Waals surface area contributed by atoms with Gasteiger partial charge in [0, 0.05) is 15.9 Å². The number of hydrogen-bond donors (Lipinski definition) is 1. The third-order valence-corrected chi connectivity index (χ3v) is 4.83. The molecule has 0 amide bonds. The topological polar surface area (TPSA) is 55.0 Å². The Hall–Kier alpha value is -2.63. The number of halogens is 1. The molecule has 0 spiro atoms. The van der Waals surface area contributed by atoms with Crippen LogP contribution in [-0.2, 0) is 6.61 Å². The molecule has 25 heavy (non-hydrogen) atoms. The predicted octanol–water partition coefficient (Wildman–Crippen LogP) is 4.88. The van der Waals surface area contributed by atoms with E-state index in [1.807, 2.05) is 47.8 Å². The highest BCUT2D eigenvalue weighted by Crippen LogP contribution is 2.23. The summed E-state index contributed by atoms with van der Waals surface area (Å²) < 4.78 is 5.70. The normalized spacial score (nSPS) is 10.9. The van der Waals surface area contributed by atoms with Gasteiger partial charge in [-0.2, -0.15) is 0 Å². The fraction of sp³-hybridized carbons (Fsp3) is 0.0526. The first-order chi connectivity index (χ1) is 12.2. The van der Waals surface area contributed by atoms with Gasteiger partial charge in [0.1, 0.15) is 17.4 Å². The summed E-state index contributed by atoms with van der Waals surface area (Å²) in [5, 5.41) is 4.32. The zero-order chi connectivity index (χ0) is 17.2. The average Bonchev–Trinajstić information content (AvgIpc) is 3.09. The molecule has 2 aromatic carbocycles. The van der Waals surface area contributed by atoms with Crippen LogP contribution in [-0.4, -0.2) is 9.97 Å². The van der Waals surface area contributed by atoms with Crippen LogP contribution >= 0.6 is 22.9 Å². The number of fused-ring (bicyclic) bond motifs is 1. The summed E-state index contributed by atoms with van der Waals surface area (Å²) >= 11 is 7.32. The van der Waals surface area contributed by atoms with Gasteiger partial charge in [-0.1, -0.05) is 29.8 Å². The largest absolute Gasteiger partial charge is 0.486 e. The van der Waals surface area contributed by atoms with Crippen LogP contribution in [0.25, 0.3) is 22.2 Å². The number of nitrogens with one attached hydrogen (secondary N) is 1. The molecule has 1 N–H and O–H groups in total. The number of aromatic nitrogens is 2. The zero-order valence-corrected chi connectivity index (χ0v) is 14.6. The maximum Gasteiger partial charge on any atom is 0.257 e. The molecule has 0 aliphatic heterocycles. The van der Waals surface area contributed by atoms with Gasteiger partial charge in [-0.05, 0) is 41.8 Å². The van der Waals surface area contributed by atoms with E-state index in [-0.39, 0.29) is 5.56 Å². The zero-order valence-electron chi connectivity index (χ0n) is 13.0. The van der Waals surface area contributed by atoms with E-state index in [1.165, 1.54) is 11.3 Å². The first-order valence-corrected chi connectivity index (χ1v) is 8.90. The molecule has 4 aromatic rings. The molecule has 0 aliphatic rings. The van der Waals surface area contributed by atoms with Gasteiger partial charge in [0.2, 0.25) is 0 Å². The number of nitrogens with zero attached hydrogens (tertiary/aromatic N) is 1. The molecule has 4 rings (SSSR count). The lowest BCUT2D eigenvalue weighted by Crippen LogP contribution is -2.08. The molecule has 0 unspecified atom stereocenters. The molecule has 0 aliphatic carbocycles. The van der Waals surface area contributed by atoms with Gasteiger partial charge in [0.15, 0.2) is 0 Å². The summed E-state index contributed by atoms with van der Waals surface area (Å²) in [6.07, 6.45) is 0. The third-order valence-electron chi connectivity index (χ3n) is 3.76. The van der Waals surface area contributed by atoms with Gasteiger partial charge in [0.05, 0.1) is 11.3 Å². The number of H-pyrrole nitrogens is 1. The molecule has 0 fully saturated rings. The second-order valence-electron chi connectivity index (χ2n) is 5.47. The van der Waals surface area contributed by atoms with Gasteiger partial charge in [-0.3, -0.25) is 4.79 Å². The lowest BCUT2D eigenvalue weighted by atomic mass is 10.1. The lowest BCUT2D eigenvalue weighted by Gasteiger charge is -2.03. The molecule has 2 aromatic heterocycles. The van der Waals surface area contributed by atoms with Gasteiger partial charge in [-0.25, -0.2) is 4.98 Å². The summed E-state index contributed by atoms with van der Waals surface area (Å²) in [6, 6.07) is 16.7. The quantitative estimate of drug-likeness (QED) is 0.558. The summed E-state index contributed by atoms with van der Waals surface area (Å²) in [5.74, 6) is 0.727. The maximum absolute atomic E-state index is 12.3. The van der Waals surface area contributed by atoms with E-state index >= 15 is 0 Å². The standard InChI is InChI=1S/C19H13ClN2O2S/c20-13-5-7-14(8-6-13)24-10-18-21-17(11-25-18)15-9-12-3-1-2-4-16(12)22-19(15)23/h1-9,11H,10H2,(H,22,23). The van der Waals surface area contributed by atoms with Crippen molar-refractivity contribution in [2.45, 2.75) is 6.61 Å². The number of aromatic amines is 1. The van der Waals surface area contributed by atoms with Crippen LogP contribution in [0.4, 0.5) is 0 Å². The van der Waals surface area contributed by atoms with Crippen molar-refractivity contribution < 1.29 is 4.74 Å². The van der Waals surface area contributed by atoms with E-state index in [2.05, 4.69) is 9.97 Å². The van der Waals surface area contributed by atoms with Crippen LogP contribution in [0.3, 0.4) is 0 Å². The molecular formula is C19H13ClN2O2S. The summed E-state index contributed by atoms with van der Waals surface area (Å²) in [5.41, 5.74) is 1.89. The van der Waals surface area contributed by atoms with E-state index < -0.39 is 0 Å². The molecule has 0 saturated carbocycles. The number of para-hydroxylation sites is 1. The highest BCUT2D eigenvalue weighted by Gasteiger charge is 2.10. The minimum absolute atomic E-state index is 0.144. The van der Waals surface area contributed by atoms with Crippen LogP contribution in [0, 0.1) is 0 Å². The molecule has 2 heterocycles. The van der Waals surface area contributed by atoms with Crippen molar-refractivity contribution in [3.63, 3.8) is 0 Å². The molecule has 0 radical (unpaired) electrons. The van der Waals surface area contributed by atoms with E-state index in [1.54, 1.807) is 12.1 Å². The molecule has 0 atom stereocenters. The Kier molecular flexibility index (Phi) is 4.26. The van der Waals surface area contributed by atoms with Crippen molar-refractivity contribution in [3.8, 4) is 17.0 Å². The van der Waals surface area contributed by atoms with E-state index in [0.29, 0.717) is 22.9 Å². The van der Waals surface area contributed by atoms with Crippen LogP contribution in [0.5, 0.6) is 5.75 Å². The fourth-order valence-corrected chi connectivity index (χ4v) is 3.35. The Labute approximate surface area is 152 Å². The van der Waals surface area contributed by atoms with Gasteiger partial charge < -0.3 is 9.72 Å². The van der Waals surface area contributed by atoms with E-state index in [4.69, 9.17) is 16.3 Å². The number of hydrogen-bond acceptors (Lipinski definition) is 4. The fourth-order valence-electron chi connectivity index (χ4n) is 2.51. The van der Waals surface area contributed by atoms with Crippen molar-refractivity contribution >= 4 is 33.8 Å². The van der Waals surface area contributed by atoms with Crippen molar-refractivity contribution in [3.05, 3.63) is 80.4 Å².